The zero-order valence-electron chi connectivity index (χ0n) is 14.0. The molecule has 1 fully saturated rings. The Bertz CT molecular complexity index is 727. The quantitative estimate of drug-likeness (QED) is 0.589. The summed E-state index contributed by atoms with van der Waals surface area (Å²) in [5.74, 6) is 0. The molecule has 0 saturated carbocycles. The summed E-state index contributed by atoms with van der Waals surface area (Å²) in [6.07, 6.45) is -3.38. The van der Waals surface area contributed by atoms with Crippen LogP contribution in [0.2, 0.25) is 0 Å². The van der Waals surface area contributed by atoms with Crippen LogP contribution in [0.15, 0.2) is 64.3 Å². The van der Waals surface area contributed by atoms with Crippen LogP contribution >= 0.6 is 0 Å². The van der Waals surface area contributed by atoms with Gasteiger partial charge in [-0.05, 0) is 0 Å². The van der Waals surface area contributed by atoms with Crippen molar-refractivity contribution in [1.82, 2.24) is 0 Å². The first-order valence-corrected chi connectivity index (χ1v) is 10.8. The van der Waals surface area contributed by atoms with Crippen LogP contribution in [0, 0.1) is 0 Å². The van der Waals surface area contributed by atoms with Gasteiger partial charge in [-0.3, -0.25) is 0 Å². The summed E-state index contributed by atoms with van der Waals surface area (Å²) < 4.78 is 52.3. The second-order valence-electron chi connectivity index (χ2n) is 6.05. The number of hydrogen-bond donors (Lipinski definition) is 0. The van der Waals surface area contributed by atoms with Crippen molar-refractivity contribution in [2.75, 3.05) is 13.2 Å². The molecule has 0 radical (unpaired) electrons. The summed E-state index contributed by atoms with van der Waals surface area (Å²) in [7, 11) is 0. The van der Waals surface area contributed by atoms with Crippen LogP contribution in [0.3, 0.4) is 0 Å². The molecule has 0 bridgehead atoms. The topological polar surface area (TPSA) is 18.5 Å². The molecule has 1 aliphatic rings. The van der Waals surface area contributed by atoms with Crippen LogP contribution in [-0.2, 0) is 22.3 Å². The van der Waals surface area contributed by atoms with Gasteiger partial charge in [0.1, 0.15) is 0 Å². The second kappa shape index (κ2) is 9.05. The standard InChI is InChI=1S/C20H19F3O2Te/c21-20(22,23)17-6-8-19(9-7-17)26-14-16-10-18(25-12-16)13-24-11-15-4-2-1-3-5-15/h1-9,14,18H,10-13H2/b16-14+. The molecule has 26 heavy (non-hydrogen) atoms. The third-order valence-electron chi connectivity index (χ3n) is 3.95. The summed E-state index contributed by atoms with van der Waals surface area (Å²) in [4.78, 5) is 0. The number of halogens is 3. The average molecular weight is 476 g/mol. The van der Waals surface area contributed by atoms with E-state index in [-0.39, 0.29) is 6.10 Å². The van der Waals surface area contributed by atoms with Crippen molar-refractivity contribution >= 4 is 24.5 Å². The number of benzene rings is 2. The Hall–Kier alpha value is -1.32. The van der Waals surface area contributed by atoms with Crippen molar-refractivity contribution in [1.29, 1.82) is 0 Å². The van der Waals surface area contributed by atoms with Crippen LogP contribution in [0.1, 0.15) is 17.5 Å². The molecule has 6 heteroatoms. The number of alkyl halides is 3. The van der Waals surface area contributed by atoms with Gasteiger partial charge >= 0.3 is 161 Å². The molecule has 0 N–H and O–H groups in total. The molecule has 1 heterocycles. The zero-order chi connectivity index (χ0) is 18.4. The average Bonchev–Trinajstić information content (AvgIpc) is 3.08. The van der Waals surface area contributed by atoms with E-state index in [1.165, 1.54) is 5.57 Å². The van der Waals surface area contributed by atoms with Crippen molar-refractivity contribution in [3.8, 4) is 0 Å². The van der Waals surface area contributed by atoms with E-state index < -0.39 is 32.7 Å². The van der Waals surface area contributed by atoms with Gasteiger partial charge in [0.2, 0.25) is 0 Å². The Morgan fingerprint density at radius 1 is 1.08 bits per heavy atom. The predicted octanol–water partition coefficient (Wildman–Crippen LogP) is 3.92. The summed E-state index contributed by atoms with van der Waals surface area (Å²) >= 11 is -0.649. The molecule has 138 valence electrons. The molecule has 1 unspecified atom stereocenters. The molecule has 0 aliphatic carbocycles. The molecule has 1 saturated heterocycles. The van der Waals surface area contributed by atoms with Crippen molar-refractivity contribution in [3.05, 3.63) is 75.4 Å². The molecule has 0 amide bonds. The molecular weight excluding hydrogens is 457 g/mol. The molecule has 3 rings (SSSR count). The van der Waals surface area contributed by atoms with E-state index in [0.29, 0.717) is 19.8 Å². The third kappa shape index (κ3) is 5.85. The molecule has 2 aromatic rings. The molecule has 2 aromatic carbocycles. The molecular formula is C20H19F3O2Te. The van der Waals surface area contributed by atoms with Gasteiger partial charge in [-0.25, -0.2) is 0 Å². The molecule has 1 aliphatic heterocycles. The van der Waals surface area contributed by atoms with Crippen LogP contribution in [0.5, 0.6) is 0 Å². The second-order valence-corrected chi connectivity index (χ2v) is 8.74. The molecule has 2 nitrogen and oxygen atoms in total. The predicted molar refractivity (Wildman–Crippen MR) is 95.4 cm³/mol. The minimum absolute atomic E-state index is 0.0602. The van der Waals surface area contributed by atoms with E-state index in [9.17, 15) is 13.2 Å². The monoisotopic (exact) mass is 478 g/mol. The molecule has 0 spiro atoms. The maximum atomic E-state index is 12.6. The maximum absolute atomic E-state index is 12.6. The van der Waals surface area contributed by atoms with Crippen LogP contribution in [-0.4, -0.2) is 40.2 Å². The van der Waals surface area contributed by atoms with Crippen LogP contribution in [0.25, 0.3) is 0 Å². The molecule has 1 atom stereocenters. The summed E-state index contributed by atoms with van der Waals surface area (Å²) in [5.41, 5.74) is 1.76. The van der Waals surface area contributed by atoms with E-state index in [1.54, 1.807) is 12.1 Å². The van der Waals surface area contributed by atoms with Crippen molar-refractivity contribution in [3.63, 3.8) is 0 Å². The van der Waals surface area contributed by atoms with Gasteiger partial charge in [0.05, 0.1) is 0 Å². The fraction of sp³-hybridized carbons (Fsp3) is 0.300. The summed E-state index contributed by atoms with van der Waals surface area (Å²) in [6, 6.07) is 15.5. The number of hydrogen-bond acceptors (Lipinski definition) is 2. The Labute approximate surface area is 161 Å². The fourth-order valence-electron chi connectivity index (χ4n) is 2.58. The first-order valence-electron chi connectivity index (χ1n) is 8.26. The minimum atomic E-state index is -4.27. The zero-order valence-corrected chi connectivity index (χ0v) is 16.4. The van der Waals surface area contributed by atoms with Gasteiger partial charge in [0, 0.05) is 0 Å². The fourth-order valence-corrected chi connectivity index (χ4v) is 4.75. The summed E-state index contributed by atoms with van der Waals surface area (Å²) in [5, 5.41) is 0. The van der Waals surface area contributed by atoms with Gasteiger partial charge < -0.3 is 0 Å². The number of rotatable bonds is 6. The Kier molecular flexibility index (Phi) is 6.77. The van der Waals surface area contributed by atoms with E-state index >= 15 is 0 Å². The van der Waals surface area contributed by atoms with Crippen molar-refractivity contribution in [2.45, 2.75) is 25.3 Å². The van der Waals surface area contributed by atoms with E-state index in [2.05, 4.69) is 4.12 Å². The normalized spacial score (nSPS) is 19.2. The first-order chi connectivity index (χ1) is 12.5. The van der Waals surface area contributed by atoms with Gasteiger partial charge in [0.25, 0.3) is 0 Å². The van der Waals surface area contributed by atoms with Gasteiger partial charge in [-0.1, -0.05) is 0 Å². The van der Waals surface area contributed by atoms with E-state index in [4.69, 9.17) is 9.47 Å². The summed E-state index contributed by atoms with van der Waals surface area (Å²) in [6.45, 7) is 1.71. The Morgan fingerprint density at radius 3 is 2.50 bits per heavy atom. The van der Waals surface area contributed by atoms with Crippen molar-refractivity contribution < 1.29 is 22.6 Å². The number of ether oxygens (including phenoxy) is 2. The first kappa shape index (κ1) is 19.4. The van der Waals surface area contributed by atoms with Crippen LogP contribution in [0.4, 0.5) is 13.2 Å². The van der Waals surface area contributed by atoms with Gasteiger partial charge in [-0.2, -0.15) is 0 Å². The Balaban J connectivity index is 1.43. The third-order valence-corrected chi connectivity index (χ3v) is 6.79. The van der Waals surface area contributed by atoms with Crippen molar-refractivity contribution in [2.24, 2.45) is 0 Å². The van der Waals surface area contributed by atoms with Gasteiger partial charge in [-0.15, -0.1) is 0 Å². The Morgan fingerprint density at radius 2 is 1.81 bits per heavy atom. The van der Waals surface area contributed by atoms with E-state index in [1.807, 2.05) is 30.3 Å². The van der Waals surface area contributed by atoms with Gasteiger partial charge in [0.15, 0.2) is 0 Å². The molecule has 0 aromatic heterocycles. The SMILES string of the molecule is FC(F)(F)c1ccc([Te]/C=C2/COC(COCc3ccccc3)C2)cc1. The van der Waals surface area contributed by atoms with E-state index in [0.717, 1.165) is 27.7 Å². The van der Waals surface area contributed by atoms with Crippen LogP contribution < -0.4 is 3.61 Å².